The Morgan fingerprint density at radius 2 is 1.65 bits per heavy atom. The van der Waals surface area contributed by atoms with Gasteiger partial charge in [-0.05, 0) is 113 Å². The van der Waals surface area contributed by atoms with E-state index < -0.39 is 5.60 Å². The fourth-order valence-corrected chi connectivity index (χ4v) is 10.5. The Bertz CT molecular complexity index is 2750. The number of aromatic nitrogens is 3. The highest BCUT2D eigenvalue weighted by Crippen LogP contribution is 2.41. The minimum atomic E-state index is -0.861. The number of nitrogens with one attached hydrogen (secondary N) is 6. The largest absolute Gasteiger partial charge is 0.390 e. The van der Waals surface area contributed by atoms with Crippen LogP contribution in [0.2, 0.25) is 10.0 Å². The number of fused-ring (bicyclic) bond motifs is 1. The van der Waals surface area contributed by atoms with Gasteiger partial charge in [-0.2, -0.15) is 5.10 Å². The molecule has 9 N–H and O–H groups in total. The van der Waals surface area contributed by atoms with Crippen molar-refractivity contribution in [2.24, 2.45) is 10.8 Å². The van der Waals surface area contributed by atoms with Crippen molar-refractivity contribution in [1.82, 2.24) is 51.3 Å². The van der Waals surface area contributed by atoms with Gasteiger partial charge in [0.25, 0.3) is 0 Å². The molecule has 3 heterocycles. The lowest BCUT2D eigenvalue weighted by molar-refractivity contribution is -0.135. The predicted octanol–water partition coefficient (Wildman–Crippen LogP) is 10.00. The zero-order chi connectivity index (χ0) is 57.5. The molecule has 0 saturated carbocycles. The third-order valence-electron chi connectivity index (χ3n) is 14.5. The van der Waals surface area contributed by atoms with Crippen LogP contribution in [0.3, 0.4) is 0 Å². The van der Waals surface area contributed by atoms with Crippen LogP contribution in [0.1, 0.15) is 125 Å². The summed E-state index contributed by atoms with van der Waals surface area (Å²) in [7, 11) is 3.78. The second kappa shape index (κ2) is 35.5. The molecule has 0 unspecified atom stereocenters. The number of hydrogen-bond acceptors (Lipinski definition) is 10. The summed E-state index contributed by atoms with van der Waals surface area (Å²) >= 11 is 13.1. The third kappa shape index (κ3) is 21.0. The van der Waals surface area contributed by atoms with Crippen LogP contribution in [-0.4, -0.2) is 113 Å². The number of hydrazine groups is 1. The van der Waals surface area contributed by atoms with Gasteiger partial charge < -0.3 is 46.6 Å². The van der Waals surface area contributed by atoms with Crippen molar-refractivity contribution in [2.75, 3.05) is 53.4 Å². The maximum Gasteiger partial charge on any atom is 0.222 e. The molecule has 16 nitrogen and oxygen atoms in total. The van der Waals surface area contributed by atoms with Gasteiger partial charge in [0, 0.05) is 99.3 Å². The zero-order valence-corrected chi connectivity index (χ0v) is 49.1. The number of benzene rings is 3. The molecule has 0 atom stereocenters. The first-order chi connectivity index (χ1) is 38.8. The van der Waals surface area contributed by atoms with Crippen molar-refractivity contribution in [1.29, 1.82) is 0 Å². The molecule has 3 amide bonds. The highest BCUT2D eigenvalue weighted by atomic mass is 35.5. The standard InChI is InChI=1S/C33H49N7O2.C29H39Cl2N5O2/c1-4-36-26-38-30(32(39(3)34)29-14-11-28(12-15-29)25-37-22-8-21-35-2)17-18-33(42)19-23-40(24-20-33)31(41)16-13-27-9-6-5-7-10-27;1-3-5-6-7-8-9-10-11-12-26(38)33-16-18-36-17-14-25(35-36)22-19-23(30)28(31)29-27(22)21(4-2)24(34-29)13-15-32-20-37/h4-7,9-12,14-15,26,35,37,42H,1,8,13,16-25,34H2,2-3H3,(H,36,38);3,14,17,19-20,34H,1,4-13,15-16,18H2,2H3,(H,32,37)(H,33,38)/b32-30+;. The van der Waals surface area contributed by atoms with Crippen LogP contribution in [0, 0.1) is 0 Å². The first-order valence-corrected chi connectivity index (χ1v) is 29.3. The number of piperidine rings is 1. The number of aryl methyl sites for hydroxylation is 2. The summed E-state index contributed by atoms with van der Waals surface area (Å²) in [6.45, 7) is 15.0. The predicted molar refractivity (Wildman–Crippen MR) is 329 cm³/mol. The number of aromatic amines is 1. The molecule has 3 aromatic carbocycles. The lowest BCUT2D eigenvalue weighted by Gasteiger charge is -2.38. The third-order valence-corrected chi connectivity index (χ3v) is 15.3. The highest BCUT2D eigenvalue weighted by Gasteiger charge is 2.34. The van der Waals surface area contributed by atoms with Crippen molar-refractivity contribution in [3.63, 3.8) is 0 Å². The smallest absolute Gasteiger partial charge is 0.222 e. The number of carbonyl (C=O) groups is 3. The van der Waals surface area contributed by atoms with Crippen LogP contribution in [0.15, 0.2) is 109 Å². The molecule has 1 aliphatic heterocycles. The van der Waals surface area contributed by atoms with E-state index in [0.717, 1.165) is 109 Å². The number of nitrogens with two attached hydrogens (primary N) is 1. The van der Waals surface area contributed by atoms with Crippen LogP contribution in [0.25, 0.3) is 27.9 Å². The van der Waals surface area contributed by atoms with E-state index in [9.17, 15) is 19.5 Å². The van der Waals surface area contributed by atoms with E-state index in [1.807, 2.05) is 78.4 Å². The molecule has 5 aromatic rings. The number of carbonyl (C=O) groups excluding carboxylic acids is 3. The number of H-pyrrole nitrogens is 1. The number of likely N-dealkylation sites (tertiary alicyclic amines) is 1. The molecule has 434 valence electrons. The van der Waals surface area contributed by atoms with Gasteiger partial charge >= 0.3 is 0 Å². The normalized spacial score (nSPS) is 13.4. The number of hydrogen-bond donors (Lipinski definition) is 8. The number of aliphatic imine (C=N–C) groups is 1. The fourth-order valence-electron chi connectivity index (χ4n) is 10.1. The van der Waals surface area contributed by atoms with Crippen molar-refractivity contribution in [3.8, 4) is 11.3 Å². The molecule has 1 aliphatic rings. The summed E-state index contributed by atoms with van der Waals surface area (Å²) in [6, 6.07) is 22.3. The van der Waals surface area contributed by atoms with Gasteiger partial charge in [0.1, 0.15) is 0 Å². The number of amides is 3. The van der Waals surface area contributed by atoms with E-state index in [1.165, 1.54) is 43.0 Å². The van der Waals surface area contributed by atoms with Gasteiger partial charge in [-0.3, -0.25) is 19.1 Å². The average molecular weight is 1140 g/mol. The summed E-state index contributed by atoms with van der Waals surface area (Å²) < 4.78 is 1.83. The van der Waals surface area contributed by atoms with Gasteiger partial charge in [-0.1, -0.05) is 123 Å². The van der Waals surface area contributed by atoms with E-state index in [-0.39, 0.29) is 11.8 Å². The first-order valence-electron chi connectivity index (χ1n) is 28.5. The van der Waals surface area contributed by atoms with Crippen LogP contribution in [0.5, 0.6) is 0 Å². The summed E-state index contributed by atoms with van der Waals surface area (Å²) in [4.78, 5) is 45.1. The number of aliphatic hydroxyl groups is 1. The molecule has 1 fully saturated rings. The minimum absolute atomic E-state index is 0.0896. The zero-order valence-electron chi connectivity index (χ0n) is 47.6. The van der Waals surface area contributed by atoms with E-state index in [0.29, 0.717) is 94.1 Å². The number of unbranched alkanes of at least 4 members (excludes halogenated alkanes) is 6. The van der Waals surface area contributed by atoms with Crippen molar-refractivity contribution < 1.29 is 19.5 Å². The first kappa shape index (κ1) is 64.5. The van der Waals surface area contributed by atoms with Gasteiger partial charge in [0.15, 0.2) is 0 Å². The highest BCUT2D eigenvalue weighted by molar-refractivity contribution is 6.45. The van der Waals surface area contributed by atoms with Gasteiger partial charge in [-0.25, -0.2) is 10.8 Å². The van der Waals surface area contributed by atoms with E-state index in [4.69, 9.17) is 34.1 Å². The molecule has 0 spiro atoms. The minimum Gasteiger partial charge on any atom is -0.390 e. The number of rotatable bonds is 35. The van der Waals surface area contributed by atoms with Crippen LogP contribution < -0.4 is 32.4 Å². The Morgan fingerprint density at radius 3 is 2.34 bits per heavy atom. The van der Waals surface area contributed by atoms with Crippen molar-refractivity contribution >= 4 is 64.4 Å². The Balaban J connectivity index is 0.000000295. The maximum absolute atomic E-state index is 12.8. The quantitative estimate of drug-likeness (QED) is 0.00366. The lowest BCUT2D eigenvalue weighted by Crippen LogP contribution is -2.47. The Hall–Kier alpha value is -6.27. The number of halogens is 2. The molecule has 0 aliphatic carbocycles. The van der Waals surface area contributed by atoms with Crippen molar-refractivity contribution in [3.05, 3.63) is 142 Å². The number of allylic oxidation sites excluding steroid dienone is 2. The Kier molecular flexibility index (Phi) is 28.6. The molecule has 18 heteroatoms. The van der Waals surface area contributed by atoms with Crippen molar-refractivity contribution in [2.45, 2.75) is 135 Å². The lowest BCUT2D eigenvalue weighted by atomic mass is 9.86. The van der Waals surface area contributed by atoms with Crippen LogP contribution in [-0.2, 0) is 46.7 Å². The van der Waals surface area contributed by atoms with Gasteiger partial charge in [0.05, 0.1) is 45.4 Å². The van der Waals surface area contributed by atoms with E-state index >= 15 is 0 Å². The van der Waals surface area contributed by atoms with Gasteiger partial charge in [0.2, 0.25) is 18.2 Å². The van der Waals surface area contributed by atoms with Crippen LogP contribution in [0.4, 0.5) is 0 Å². The monoisotopic (exact) mass is 1130 g/mol. The summed E-state index contributed by atoms with van der Waals surface area (Å²) in [6.07, 6.45) is 22.1. The molecular weight excluding hydrogens is 1050 g/mol. The molecule has 0 bridgehead atoms. The SMILES string of the molecule is C=CCCCCCCCCC(=O)NCCn1ccc(-c2cc(Cl)c(Cl)c3[nH]c(CCNC=O)c(CC)c23)n1.C=CN=CN/C(CCC1(O)CCN(C(=O)CCc2ccccc2)CC1)=C(\c1ccc(CNCCCNC)cc1)N(C)N. The van der Waals surface area contributed by atoms with Crippen LogP contribution >= 0.6 is 23.2 Å². The second-order valence-corrected chi connectivity index (χ2v) is 21.2. The molecule has 80 heavy (non-hydrogen) atoms. The summed E-state index contributed by atoms with van der Waals surface area (Å²) in [5.41, 5.74) is 8.81. The van der Waals surface area contributed by atoms with E-state index in [1.54, 1.807) is 11.3 Å². The second-order valence-electron chi connectivity index (χ2n) is 20.5. The molecular formula is C62H88Cl2N12O4. The van der Waals surface area contributed by atoms with Gasteiger partial charge in [-0.15, -0.1) is 6.58 Å². The molecule has 6 rings (SSSR count). The molecule has 0 radical (unpaired) electrons. The average Bonchev–Trinajstić information content (AvgIpc) is 4.18. The fraction of sp³-hybridized carbons (Fsp3) is 0.468. The van der Waals surface area contributed by atoms with E-state index in [2.05, 4.69) is 80.9 Å². The maximum atomic E-state index is 12.8. The Labute approximate surface area is 485 Å². The topological polar surface area (TPSA) is 210 Å². The summed E-state index contributed by atoms with van der Waals surface area (Å²) in [5, 5.41) is 35.4. The summed E-state index contributed by atoms with van der Waals surface area (Å²) in [5.74, 6) is 6.58. The molecule has 2 aromatic heterocycles. The number of nitrogens with zero attached hydrogens (tertiary/aromatic N) is 5. The Morgan fingerprint density at radius 1 is 0.912 bits per heavy atom. The molecule has 1 saturated heterocycles.